The molecular formula is C21H35IN6OS. The number of aryl methyl sites for hydroxylation is 1. The molecule has 1 aliphatic rings. The summed E-state index contributed by atoms with van der Waals surface area (Å²) in [6.45, 7) is 9.19. The van der Waals surface area contributed by atoms with Crippen molar-refractivity contribution >= 4 is 41.3 Å². The van der Waals surface area contributed by atoms with Crippen LogP contribution in [0.3, 0.4) is 0 Å². The second-order valence-electron chi connectivity index (χ2n) is 8.05. The van der Waals surface area contributed by atoms with Gasteiger partial charge in [0.1, 0.15) is 5.60 Å². The van der Waals surface area contributed by atoms with Gasteiger partial charge in [0.2, 0.25) is 0 Å². The number of likely N-dealkylation sites (tertiary alicyclic amines) is 1. The van der Waals surface area contributed by atoms with Crippen LogP contribution in [0.5, 0.6) is 0 Å². The normalized spacial score (nSPS) is 17.9. The molecule has 0 radical (unpaired) electrons. The van der Waals surface area contributed by atoms with Gasteiger partial charge in [-0.05, 0) is 57.1 Å². The first-order chi connectivity index (χ1) is 14.0. The van der Waals surface area contributed by atoms with Gasteiger partial charge in [0, 0.05) is 43.3 Å². The Balaban J connectivity index is 0.00000320. The van der Waals surface area contributed by atoms with E-state index in [1.54, 1.807) is 17.8 Å². The molecule has 0 saturated carbocycles. The molecule has 0 aliphatic carbocycles. The molecule has 0 bridgehead atoms. The predicted molar refractivity (Wildman–Crippen MR) is 134 cm³/mol. The third-order valence-electron chi connectivity index (χ3n) is 5.44. The van der Waals surface area contributed by atoms with Crippen LogP contribution in [0.25, 0.3) is 0 Å². The zero-order valence-corrected chi connectivity index (χ0v) is 21.3. The minimum atomic E-state index is -1.04. The second-order valence-corrected chi connectivity index (χ2v) is 9.08. The number of halogens is 1. The van der Waals surface area contributed by atoms with Gasteiger partial charge in [0.25, 0.3) is 0 Å². The van der Waals surface area contributed by atoms with Crippen LogP contribution in [-0.4, -0.2) is 58.5 Å². The largest absolute Gasteiger partial charge is 0.383 e. The maximum Gasteiger partial charge on any atom is 0.191 e. The van der Waals surface area contributed by atoms with E-state index in [9.17, 15) is 5.11 Å². The van der Waals surface area contributed by atoms with E-state index in [0.717, 1.165) is 44.2 Å². The van der Waals surface area contributed by atoms with Crippen molar-refractivity contribution in [2.45, 2.75) is 38.8 Å². The molecule has 3 heterocycles. The first kappa shape index (κ1) is 25.1. The van der Waals surface area contributed by atoms with Crippen molar-refractivity contribution in [1.29, 1.82) is 0 Å². The van der Waals surface area contributed by atoms with E-state index in [1.807, 2.05) is 24.6 Å². The van der Waals surface area contributed by atoms with Crippen LogP contribution in [0.1, 0.15) is 37.1 Å². The number of hydrogen-bond donors (Lipinski definition) is 3. The Morgan fingerprint density at radius 2 is 2.13 bits per heavy atom. The number of thiophene rings is 1. The molecule has 1 aliphatic heterocycles. The minimum Gasteiger partial charge on any atom is -0.383 e. The van der Waals surface area contributed by atoms with E-state index in [4.69, 9.17) is 0 Å². The number of aromatic nitrogens is 2. The van der Waals surface area contributed by atoms with Gasteiger partial charge in [-0.3, -0.25) is 9.58 Å². The van der Waals surface area contributed by atoms with Crippen molar-refractivity contribution < 1.29 is 5.11 Å². The fourth-order valence-corrected chi connectivity index (χ4v) is 4.32. The maximum atomic E-state index is 10.7. The van der Waals surface area contributed by atoms with Gasteiger partial charge in [-0.1, -0.05) is 6.07 Å². The zero-order valence-electron chi connectivity index (χ0n) is 18.2. The number of aliphatic imine (C=N–C) groups is 1. The lowest BCUT2D eigenvalue weighted by Gasteiger charge is -2.32. The van der Waals surface area contributed by atoms with E-state index in [1.165, 1.54) is 17.7 Å². The highest BCUT2D eigenvalue weighted by Crippen LogP contribution is 2.21. The van der Waals surface area contributed by atoms with Crippen LogP contribution >= 0.6 is 35.3 Å². The first-order valence-electron chi connectivity index (χ1n) is 10.4. The Labute approximate surface area is 201 Å². The molecule has 7 nitrogen and oxygen atoms in total. The first-order valence-corrected chi connectivity index (χ1v) is 11.3. The average molecular weight is 547 g/mol. The summed E-state index contributed by atoms with van der Waals surface area (Å²) in [5.41, 5.74) is -0.262. The molecule has 1 saturated heterocycles. The van der Waals surface area contributed by atoms with Crippen molar-refractivity contribution in [2.24, 2.45) is 18.0 Å². The molecule has 1 atom stereocenters. The number of piperidine rings is 1. The fourth-order valence-electron chi connectivity index (χ4n) is 3.58. The van der Waals surface area contributed by atoms with Gasteiger partial charge >= 0.3 is 0 Å². The SMILES string of the molecule is CCNC(=NCC(C)(O)c1cnn(C)c1)NCC1CCN(Cc2cccs2)CC1.I. The minimum absolute atomic E-state index is 0. The number of nitrogens with zero attached hydrogens (tertiary/aromatic N) is 4. The van der Waals surface area contributed by atoms with Crippen LogP contribution in [0, 0.1) is 5.92 Å². The summed E-state index contributed by atoms with van der Waals surface area (Å²) in [5, 5.41) is 23.8. The fraction of sp³-hybridized carbons (Fsp3) is 0.619. The summed E-state index contributed by atoms with van der Waals surface area (Å²) in [5.74, 6) is 1.41. The summed E-state index contributed by atoms with van der Waals surface area (Å²) in [6, 6.07) is 4.35. The van der Waals surface area contributed by atoms with Crippen LogP contribution in [0.2, 0.25) is 0 Å². The Bertz CT molecular complexity index is 768. The summed E-state index contributed by atoms with van der Waals surface area (Å²) >= 11 is 1.84. The summed E-state index contributed by atoms with van der Waals surface area (Å²) in [6.07, 6.45) is 5.93. The molecule has 9 heteroatoms. The molecule has 0 amide bonds. The summed E-state index contributed by atoms with van der Waals surface area (Å²) < 4.78 is 1.70. The highest BCUT2D eigenvalue weighted by Gasteiger charge is 2.25. The Kier molecular flexibility index (Phi) is 10.1. The van der Waals surface area contributed by atoms with Crippen molar-refractivity contribution in [1.82, 2.24) is 25.3 Å². The van der Waals surface area contributed by atoms with Crippen molar-refractivity contribution in [3.8, 4) is 0 Å². The Morgan fingerprint density at radius 3 is 2.73 bits per heavy atom. The number of nitrogens with one attached hydrogen (secondary N) is 2. The van der Waals surface area contributed by atoms with E-state index in [0.29, 0.717) is 5.92 Å². The highest BCUT2D eigenvalue weighted by molar-refractivity contribution is 14.0. The molecule has 0 spiro atoms. The van der Waals surface area contributed by atoms with Gasteiger partial charge in [-0.15, -0.1) is 35.3 Å². The van der Waals surface area contributed by atoms with E-state index in [-0.39, 0.29) is 30.5 Å². The van der Waals surface area contributed by atoms with Gasteiger partial charge in [0.15, 0.2) is 5.96 Å². The predicted octanol–water partition coefficient (Wildman–Crippen LogP) is 2.77. The number of aliphatic hydroxyl groups is 1. The lowest BCUT2D eigenvalue weighted by Crippen LogP contribution is -2.43. The summed E-state index contributed by atoms with van der Waals surface area (Å²) in [7, 11) is 1.85. The molecule has 0 aromatic carbocycles. The average Bonchev–Trinajstić information content (AvgIpc) is 3.37. The third kappa shape index (κ3) is 7.51. The summed E-state index contributed by atoms with van der Waals surface area (Å²) in [4.78, 5) is 8.61. The lowest BCUT2D eigenvalue weighted by atomic mass is 9.97. The van der Waals surface area contributed by atoms with Gasteiger partial charge < -0.3 is 15.7 Å². The molecule has 1 fully saturated rings. The Morgan fingerprint density at radius 1 is 1.37 bits per heavy atom. The standard InChI is InChI=1S/C21H34N6OS.HI/c1-4-22-20(24-16-21(2,28)18-13-25-26(3)14-18)23-12-17-7-9-27(10-8-17)15-19-6-5-11-29-19;/h5-6,11,13-14,17,28H,4,7-10,12,15-16H2,1-3H3,(H2,22,23,24);1H. The molecule has 168 valence electrons. The van der Waals surface area contributed by atoms with Gasteiger partial charge in [0.05, 0.1) is 12.7 Å². The monoisotopic (exact) mass is 546 g/mol. The third-order valence-corrected chi connectivity index (χ3v) is 6.30. The van der Waals surface area contributed by atoms with Crippen LogP contribution in [0.4, 0.5) is 0 Å². The quantitative estimate of drug-likeness (QED) is 0.270. The molecule has 2 aromatic rings. The molecule has 3 rings (SSSR count). The van der Waals surface area contributed by atoms with Crippen LogP contribution < -0.4 is 10.6 Å². The Hall–Kier alpha value is -1.17. The van der Waals surface area contributed by atoms with Gasteiger partial charge in [-0.25, -0.2) is 4.99 Å². The van der Waals surface area contributed by atoms with Crippen LogP contribution in [-0.2, 0) is 19.2 Å². The smallest absolute Gasteiger partial charge is 0.191 e. The number of hydrogen-bond acceptors (Lipinski definition) is 5. The molecule has 1 unspecified atom stereocenters. The molecule has 3 N–H and O–H groups in total. The van der Waals surface area contributed by atoms with E-state index >= 15 is 0 Å². The number of rotatable bonds is 8. The van der Waals surface area contributed by atoms with Crippen LogP contribution in [0.15, 0.2) is 34.9 Å². The molecule has 30 heavy (non-hydrogen) atoms. The lowest BCUT2D eigenvalue weighted by molar-refractivity contribution is 0.0671. The van der Waals surface area contributed by atoms with Crippen molar-refractivity contribution in [2.75, 3.05) is 32.7 Å². The van der Waals surface area contributed by atoms with Crippen molar-refractivity contribution in [3.05, 3.63) is 40.3 Å². The molecular weight excluding hydrogens is 511 g/mol. The van der Waals surface area contributed by atoms with Crippen molar-refractivity contribution in [3.63, 3.8) is 0 Å². The molecule has 2 aromatic heterocycles. The second kappa shape index (κ2) is 12.0. The van der Waals surface area contributed by atoms with Gasteiger partial charge in [-0.2, -0.15) is 5.10 Å². The van der Waals surface area contributed by atoms with E-state index in [2.05, 4.69) is 50.1 Å². The number of guanidine groups is 1. The maximum absolute atomic E-state index is 10.7. The highest BCUT2D eigenvalue weighted by atomic mass is 127. The topological polar surface area (TPSA) is 77.7 Å². The van der Waals surface area contributed by atoms with E-state index < -0.39 is 5.60 Å². The zero-order chi connectivity index (χ0) is 20.7.